The van der Waals surface area contributed by atoms with E-state index >= 15 is 0 Å². The maximum atomic E-state index is 13.3. The number of hydrogen-bond donors (Lipinski definition) is 0. The van der Waals surface area contributed by atoms with Crippen LogP contribution >= 0.6 is 0 Å². The second kappa shape index (κ2) is 11.2. The molecule has 2 nitrogen and oxygen atoms in total. The summed E-state index contributed by atoms with van der Waals surface area (Å²) in [6.07, 6.45) is 5.63. The zero-order valence-electron chi connectivity index (χ0n) is 19.4. The van der Waals surface area contributed by atoms with Gasteiger partial charge in [0.2, 0.25) is 0 Å². The van der Waals surface area contributed by atoms with Crippen LogP contribution in [0.2, 0.25) is 0 Å². The van der Waals surface area contributed by atoms with Gasteiger partial charge in [0, 0.05) is 44.7 Å². The molecule has 3 rings (SSSR count). The van der Waals surface area contributed by atoms with Gasteiger partial charge in [0.05, 0.1) is 13.1 Å². The first-order valence-corrected chi connectivity index (χ1v) is 11.3. The molecule has 3 heteroatoms. The number of Topliss-reactive ketones (excluding diaryl/α,β-unsaturated/α-hetero) is 1. The van der Waals surface area contributed by atoms with Crippen molar-refractivity contribution < 1.29 is 42.0 Å². The first-order chi connectivity index (χ1) is 13.8. The molecule has 2 aromatic rings. The van der Waals surface area contributed by atoms with E-state index in [4.69, 9.17) is 0 Å². The average Bonchev–Trinajstić information content (AvgIpc) is 2.89. The Morgan fingerprint density at radius 1 is 0.933 bits per heavy atom. The second-order valence-electron chi connectivity index (χ2n) is 10.1. The Labute approximate surface area is 208 Å². The molecule has 0 atom stereocenters. The topological polar surface area (TPSA) is 17.1 Å². The van der Waals surface area contributed by atoms with E-state index in [1.54, 1.807) is 0 Å². The number of likely N-dealkylation sites (tertiary alicyclic amines) is 1. The van der Waals surface area contributed by atoms with Gasteiger partial charge in [-0.15, -0.1) is 0 Å². The number of benzene rings is 2. The van der Waals surface area contributed by atoms with Gasteiger partial charge in [0.1, 0.15) is 13.1 Å². The summed E-state index contributed by atoms with van der Waals surface area (Å²) in [5.74, 6) is 0.386. The van der Waals surface area contributed by atoms with Crippen molar-refractivity contribution in [3.05, 3.63) is 70.8 Å². The molecule has 0 aromatic heterocycles. The number of hydrogen-bond acceptors (Lipinski definition) is 1. The SMILES string of the molecule is Cc1ccc(C(C)(C)C)cc1CC(=O)C[N+]1(Cc2ccccc2)CCCCCC1.[Y]. The minimum absolute atomic E-state index is 0. The number of carbonyl (C=O) groups excluding carboxylic acids is 1. The summed E-state index contributed by atoms with van der Waals surface area (Å²) < 4.78 is 0.931. The molecule has 0 N–H and O–H groups in total. The third kappa shape index (κ3) is 7.11. The van der Waals surface area contributed by atoms with Crippen molar-refractivity contribution in [1.29, 1.82) is 0 Å². The van der Waals surface area contributed by atoms with Crippen molar-refractivity contribution in [1.82, 2.24) is 0 Å². The molecule has 0 unspecified atom stereocenters. The summed E-state index contributed by atoms with van der Waals surface area (Å²) in [7, 11) is 0. The molecule has 159 valence electrons. The Hall–Kier alpha value is -0.826. The zero-order chi connectivity index (χ0) is 20.9. The molecule has 1 aliphatic heterocycles. The molecule has 1 saturated heterocycles. The Morgan fingerprint density at radius 3 is 2.17 bits per heavy atom. The van der Waals surface area contributed by atoms with Gasteiger partial charge in [-0.1, -0.05) is 69.3 Å². The number of carbonyl (C=O) groups is 1. The molecule has 0 aliphatic carbocycles. The standard InChI is InChI=1S/C27H38NO.Y/c1-22-14-15-25(27(2,3)4)18-24(22)19-26(29)21-28(16-10-5-6-11-17-28)20-23-12-8-7-9-13-23;/h7-9,12-15,18H,5-6,10-11,16-17,19-21H2,1-4H3;/q+1;. The maximum Gasteiger partial charge on any atom is 0.191 e. The number of rotatable bonds is 6. The normalized spacial score (nSPS) is 16.4. The van der Waals surface area contributed by atoms with Gasteiger partial charge in [0.15, 0.2) is 5.78 Å². The van der Waals surface area contributed by atoms with E-state index in [0.29, 0.717) is 18.7 Å². The van der Waals surface area contributed by atoms with Gasteiger partial charge < -0.3 is 4.48 Å². The summed E-state index contributed by atoms with van der Waals surface area (Å²) >= 11 is 0. The van der Waals surface area contributed by atoms with Crippen LogP contribution in [-0.4, -0.2) is 29.9 Å². The molecule has 1 fully saturated rings. The molecule has 2 aromatic carbocycles. The predicted octanol–water partition coefficient (Wildman–Crippen LogP) is 5.99. The average molecular weight is 482 g/mol. The van der Waals surface area contributed by atoms with Crippen LogP contribution < -0.4 is 0 Å². The van der Waals surface area contributed by atoms with E-state index in [9.17, 15) is 4.79 Å². The summed E-state index contributed by atoms with van der Waals surface area (Å²) in [6.45, 7) is 12.7. The largest absolute Gasteiger partial charge is 0.314 e. The minimum Gasteiger partial charge on any atom is -0.314 e. The Bertz CT molecular complexity index is 815. The van der Waals surface area contributed by atoms with Gasteiger partial charge in [-0.3, -0.25) is 4.79 Å². The van der Waals surface area contributed by atoms with Crippen molar-refractivity contribution in [3.8, 4) is 0 Å². The smallest absolute Gasteiger partial charge is 0.191 e. The number of quaternary nitrogens is 1. The van der Waals surface area contributed by atoms with Crippen molar-refractivity contribution in [2.75, 3.05) is 19.6 Å². The van der Waals surface area contributed by atoms with Crippen LogP contribution in [0, 0.1) is 6.92 Å². The van der Waals surface area contributed by atoms with Gasteiger partial charge in [-0.2, -0.15) is 0 Å². The van der Waals surface area contributed by atoms with E-state index < -0.39 is 0 Å². The van der Waals surface area contributed by atoms with E-state index in [1.165, 1.54) is 47.9 Å². The van der Waals surface area contributed by atoms with E-state index in [-0.39, 0.29) is 38.1 Å². The van der Waals surface area contributed by atoms with E-state index in [2.05, 4.69) is 76.2 Å². The quantitative estimate of drug-likeness (QED) is 0.463. The molecule has 0 bridgehead atoms. The fourth-order valence-electron chi connectivity index (χ4n) is 4.67. The molecule has 30 heavy (non-hydrogen) atoms. The summed E-state index contributed by atoms with van der Waals surface area (Å²) in [4.78, 5) is 13.3. The van der Waals surface area contributed by atoms with Crippen LogP contribution in [0.15, 0.2) is 48.5 Å². The first kappa shape index (κ1) is 25.4. The Morgan fingerprint density at radius 2 is 1.57 bits per heavy atom. The molecule has 1 radical (unpaired) electrons. The minimum atomic E-state index is 0. The van der Waals surface area contributed by atoms with Gasteiger partial charge in [-0.05, 0) is 54.7 Å². The molecule has 0 spiro atoms. The van der Waals surface area contributed by atoms with Crippen LogP contribution in [0.3, 0.4) is 0 Å². The van der Waals surface area contributed by atoms with Crippen molar-refractivity contribution in [2.24, 2.45) is 0 Å². The van der Waals surface area contributed by atoms with E-state index in [0.717, 1.165) is 24.1 Å². The zero-order valence-corrected chi connectivity index (χ0v) is 22.3. The Balaban J connectivity index is 0.00000320. The van der Waals surface area contributed by atoms with Crippen LogP contribution in [0.4, 0.5) is 0 Å². The third-order valence-electron chi connectivity index (χ3n) is 6.49. The van der Waals surface area contributed by atoms with Crippen LogP contribution in [0.25, 0.3) is 0 Å². The van der Waals surface area contributed by atoms with Crippen LogP contribution in [-0.2, 0) is 55.9 Å². The van der Waals surface area contributed by atoms with Crippen molar-refractivity contribution in [2.45, 2.75) is 71.8 Å². The van der Waals surface area contributed by atoms with E-state index in [1.807, 2.05) is 0 Å². The molecule has 0 amide bonds. The summed E-state index contributed by atoms with van der Waals surface area (Å²) in [5, 5.41) is 0. The van der Waals surface area contributed by atoms with Crippen molar-refractivity contribution in [3.63, 3.8) is 0 Å². The van der Waals surface area contributed by atoms with Crippen LogP contribution in [0.1, 0.15) is 68.7 Å². The first-order valence-electron chi connectivity index (χ1n) is 11.3. The van der Waals surface area contributed by atoms with Gasteiger partial charge in [0.25, 0.3) is 0 Å². The fourth-order valence-corrected chi connectivity index (χ4v) is 4.67. The van der Waals surface area contributed by atoms with Crippen LogP contribution in [0.5, 0.6) is 0 Å². The molecule has 1 aliphatic rings. The number of nitrogens with zero attached hydrogens (tertiary/aromatic N) is 1. The molecule has 1 heterocycles. The molecular weight excluding hydrogens is 443 g/mol. The fraction of sp³-hybridized carbons (Fsp3) is 0.519. The van der Waals surface area contributed by atoms with Crippen molar-refractivity contribution >= 4 is 5.78 Å². The molecule has 0 saturated carbocycles. The summed E-state index contributed by atoms with van der Waals surface area (Å²) in [5.41, 5.74) is 5.21. The van der Waals surface area contributed by atoms with Gasteiger partial charge in [-0.25, -0.2) is 0 Å². The number of ketones is 1. The molecular formula is C27H38NOY+. The maximum absolute atomic E-state index is 13.3. The third-order valence-corrected chi connectivity index (χ3v) is 6.49. The van der Waals surface area contributed by atoms with Gasteiger partial charge >= 0.3 is 0 Å². The second-order valence-corrected chi connectivity index (χ2v) is 10.1. The number of aryl methyl sites for hydroxylation is 1. The predicted molar refractivity (Wildman–Crippen MR) is 122 cm³/mol. The summed E-state index contributed by atoms with van der Waals surface area (Å²) in [6, 6.07) is 17.4. The monoisotopic (exact) mass is 481 g/mol. The Kier molecular flexibility index (Phi) is 9.46.